The Labute approximate surface area is 92.3 Å². The van der Waals surface area contributed by atoms with Crippen LogP contribution in [0.15, 0.2) is 30.3 Å². The van der Waals surface area contributed by atoms with Crippen LogP contribution in [-0.4, -0.2) is 5.97 Å². The Balaban J connectivity index is 0.000000921. The highest BCUT2D eigenvalue weighted by Crippen LogP contribution is 2.18. The van der Waals surface area contributed by atoms with Gasteiger partial charge in [0.1, 0.15) is 5.75 Å². The zero-order valence-corrected chi connectivity index (χ0v) is 10.2. The number of esters is 1. The Morgan fingerprint density at radius 1 is 1.07 bits per heavy atom. The van der Waals surface area contributed by atoms with Crippen LogP contribution in [0.2, 0.25) is 0 Å². The highest BCUT2D eigenvalue weighted by Gasteiger charge is 2.23. The summed E-state index contributed by atoms with van der Waals surface area (Å²) in [5.74, 6) is 0.390. The molecule has 0 aliphatic rings. The molecule has 0 saturated carbocycles. The highest BCUT2D eigenvalue weighted by atomic mass is 16.5. The summed E-state index contributed by atoms with van der Waals surface area (Å²) in [6.45, 7) is 9.49. The number of benzene rings is 1. The third kappa shape index (κ3) is 5.21. The summed E-state index contributed by atoms with van der Waals surface area (Å²) in [4.78, 5) is 11.4. The molecule has 1 aromatic rings. The second-order valence-electron chi connectivity index (χ2n) is 3.95. The quantitative estimate of drug-likeness (QED) is 0.520. The van der Waals surface area contributed by atoms with E-state index in [4.69, 9.17) is 4.74 Å². The van der Waals surface area contributed by atoms with Crippen LogP contribution in [0, 0.1) is 5.41 Å². The lowest BCUT2D eigenvalue weighted by atomic mass is 9.97. The minimum Gasteiger partial charge on any atom is -0.426 e. The molecule has 0 radical (unpaired) electrons. The van der Waals surface area contributed by atoms with E-state index >= 15 is 0 Å². The van der Waals surface area contributed by atoms with E-state index in [2.05, 4.69) is 0 Å². The van der Waals surface area contributed by atoms with Crippen molar-refractivity contribution in [2.45, 2.75) is 34.6 Å². The topological polar surface area (TPSA) is 26.3 Å². The summed E-state index contributed by atoms with van der Waals surface area (Å²) in [6.07, 6.45) is 0. The molecule has 0 fully saturated rings. The summed E-state index contributed by atoms with van der Waals surface area (Å²) in [5.41, 5.74) is -0.449. The molecular formula is C13H20O2. The average Bonchev–Trinajstić information content (AvgIpc) is 2.21. The van der Waals surface area contributed by atoms with Crippen molar-refractivity contribution in [2.75, 3.05) is 0 Å². The first-order chi connectivity index (χ1) is 7.00. The van der Waals surface area contributed by atoms with Gasteiger partial charge >= 0.3 is 5.97 Å². The SMILES string of the molecule is CC.CC(C)(C)C(=O)Oc1ccccc1. The molecule has 0 bridgehead atoms. The molecule has 1 rings (SSSR count). The van der Waals surface area contributed by atoms with E-state index < -0.39 is 5.41 Å². The Hall–Kier alpha value is -1.31. The molecule has 0 saturated heterocycles. The zero-order chi connectivity index (χ0) is 11.9. The molecule has 0 atom stereocenters. The lowest BCUT2D eigenvalue weighted by molar-refractivity contribution is -0.142. The van der Waals surface area contributed by atoms with Crippen LogP contribution in [-0.2, 0) is 4.79 Å². The van der Waals surface area contributed by atoms with Gasteiger partial charge in [0.05, 0.1) is 5.41 Å². The van der Waals surface area contributed by atoms with Crippen LogP contribution < -0.4 is 4.74 Å². The average molecular weight is 208 g/mol. The predicted octanol–water partition coefficient (Wildman–Crippen LogP) is 3.66. The summed E-state index contributed by atoms with van der Waals surface area (Å²) in [6, 6.07) is 9.10. The van der Waals surface area contributed by atoms with Gasteiger partial charge in [-0.25, -0.2) is 0 Å². The smallest absolute Gasteiger partial charge is 0.316 e. The van der Waals surface area contributed by atoms with Crippen molar-refractivity contribution in [3.05, 3.63) is 30.3 Å². The van der Waals surface area contributed by atoms with Gasteiger partial charge in [-0.1, -0.05) is 32.0 Å². The Morgan fingerprint density at radius 2 is 1.53 bits per heavy atom. The summed E-state index contributed by atoms with van der Waals surface area (Å²) in [5, 5.41) is 0. The normalized spacial score (nSPS) is 9.93. The molecule has 0 spiro atoms. The molecule has 2 heteroatoms. The van der Waals surface area contributed by atoms with Gasteiger partial charge in [0, 0.05) is 0 Å². The molecule has 0 N–H and O–H groups in total. The molecule has 0 aliphatic heterocycles. The number of hydrogen-bond acceptors (Lipinski definition) is 2. The van der Waals surface area contributed by atoms with E-state index in [0.29, 0.717) is 5.75 Å². The maximum atomic E-state index is 11.4. The Morgan fingerprint density at radius 3 is 1.93 bits per heavy atom. The summed E-state index contributed by atoms with van der Waals surface area (Å²) >= 11 is 0. The van der Waals surface area contributed by atoms with Gasteiger partial charge in [0.2, 0.25) is 0 Å². The lowest BCUT2D eigenvalue weighted by Gasteiger charge is -2.15. The van der Waals surface area contributed by atoms with E-state index in [1.807, 2.05) is 52.8 Å². The van der Waals surface area contributed by atoms with Crippen LogP contribution in [0.3, 0.4) is 0 Å². The van der Waals surface area contributed by atoms with Crippen molar-refractivity contribution in [2.24, 2.45) is 5.41 Å². The number of para-hydroxylation sites is 1. The zero-order valence-electron chi connectivity index (χ0n) is 10.2. The van der Waals surface area contributed by atoms with Crippen LogP contribution in [0.5, 0.6) is 5.75 Å². The van der Waals surface area contributed by atoms with Gasteiger partial charge < -0.3 is 4.74 Å². The summed E-state index contributed by atoms with van der Waals surface area (Å²) < 4.78 is 5.14. The molecule has 0 amide bonds. The van der Waals surface area contributed by atoms with Gasteiger partial charge in [-0.2, -0.15) is 0 Å². The van der Waals surface area contributed by atoms with E-state index in [1.165, 1.54) is 0 Å². The van der Waals surface area contributed by atoms with Crippen molar-refractivity contribution in [3.8, 4) is 5.75 Å². The van der Waals surface area contributed by atoms with Crippen molar-refractivity contribution in [1.29, 1.82) is 0 Å². The second-order valence-corrected chi connectivity index (χ2v) is 3.95. The fourth-order valence-corrected chi connectivity index (χ4v) is 0.749. The van der Waals surface area contributed by atoms with Crippen molar-refractivity contribution in [1.82, 2.24) is 0 Å². The third-order valence-electron chi connectivity index (χ3n) is 1.57. The molecule has 0 heterocycles. The van der Waals surface area contributed by atoms with Gasteiger partial charge in [-0.05, 0) is 32.9 Å². The number of ether oxygens (including phenoxy) is 1. The van der Waals surface area contributed by atoms with Crippen molar-refractivity contribution >= 4 is 5.97 Å². The lowest BCUT2D eigenvalue weighted by Crippen LogP contribution is -2.25. The first-order valence-corrected chi connectivity index (χ1v) is 5.27. The number of carbonyl (C=O) groups excluding carboxylic acids is 1. The minimum atomic E-state index is -0.449. The maximum Gasteiger partial charge on any atom is 0.316 e. The first-order valence-electron chi connectivity index (χ1n) is 5.27. The highest BCUT2D eigenvalue weighted by molar-refractivity contribution is 5.77. The van der Waals surface area contributed by atoms with E-state index in [0.717, 1.165) is 0 Å². The molecule has 0 aromatic heterocycles. The van der Waals surface area contributed by atoms with Gasteiger partial charge in [0.15, 0.2) is 0 Å². The van der Waals surface area contributed by atoms with Gasteiger partial charge in [0.25, 0.3) is 0 Å². The monoisotopic (exact) mass is 208 g/mol. The van der Waals surface area contributed by atoms with Crippen LogP contribution in [0.1, 0.15) is 34.6 Å². The van der Waals surface area contributed by atoms with Crippen molar-refractivity contribution in [3.63, 3.8) is 0 Å². The van der Waals surface area contributed by atoms with Crippen LogP contribution in [0.4, 0.5) is 0 Å². The second kappa shape index (κ2) is 6.23. The van der Waals surface area contributed by atoms with Crippen LogP contribution in [0.25, 0.3) is 0 Å². The predicted molar refractivity (Wildman–Crippen MR) is 62.9 cm³/mol. The number of carbonyl (C=O) groups is 1. The van der Waals surface area contributed by atoms with Gasteiger partial charge in [-0.15, -0.1) is 0 Å². The largest absolute Gasteiger partial charge is 0.426 e. The number of hydrogen-bond donors (Lipinski definition) is 0. The Bertz CT molecular complexity index is 283. The molecule has 15 heavy (non-hydrogen) atoms. The fourth-order valence-electron chi connectivity index (χ4n) is 0.749. The maximum absolute atomic E-state index is 11.4. The molecule has 0 unspecified atom stereocenters. The summed E-state index contributed by atoms with van der Waals surface area (Å²) in [7, 11) is 0. The van der Waals surface area contributed by atoms with E-state index in [9.17, 15) is 4.79 Å². The molecule has 1 aromatic carbocycles. The molecular weight excluding hydrogens is 188 g/mol. The Kier molecular flexibility index (Phi) is 5.68. The standard InChI is InChI=1S/C11H14O2.C2H6/c1-11(2,3)10(12)13-9-7-5-4-6-8-9;1-2/h4-8H,1-3H3;1-2H3. The molecule has 2 nitrogen and oxygen atoms in total. The molecule has 0 aliphatic carbocycles. The minimum absolute atomic E-state index is 0.210. The molecule has 84 valence electrons. The third-order valence-corrected chi connectivity index (χ3v) is 1.57. The fraction of sp³-hybridized carbons (Fsp3) is 0.462. The van der Waals surface area contributed by atoms with Gasteiger partial charge in [-0.3, -0.25) is 4.79 Å². The first kappa shape index (κ1) is 13.7. The van der Waals surface area contributed by atoms with Crippen LogP contribution >= 0.6 is 0 Å². The van der Waals surface area contributed by atoms with E-state index in [1.54, 1.807) is 12.1 Å². The van der Waals surface area contributed by atoms with Crippen molar-refractivity contribution < 1.29 is 9.53 Å². The van der Waals surface area contributed by atoms with E-state index in [-0.39, 0.29) is 5.97 Å². The number of rotatable bonds is 1.